The average molecular weight is 257 g/mol. The molecule has 1 aromatic rings. The second-order valence-corrected chi connectivity index (χ2v) is 6.40. The Labute approximate surface area is 105 Å². The Morgan fingerprint density at radius 1 is 1.38 bits per heavy atom. The van der Waals surface area contributed by atoms with Gasteiger partial charge in [-0.3, -0.25) is 0 Å². The summed E-state index contributed by atoms with van der Waals surface area (Å²) in [4.78, 5) is 0. The van der Waals surface area contributed by atoms with Crippen LogP contribution in [0.1, 0.15) is 41.5 Å². The van der Waals surface area contributed by atoms with E-state index in [2.05, 4.69) is 34.2 Å². The number of likely N-dealkylation sites (N-methyl/N-ethyl adjacent to an activating group) is 1. The highest BCUT2D eigenvalue weighted by atomic mass is 32.2. The molecule has 2 heterocycles. The van der Waals surface area contributed by atoms with Crippen LogP contribution in [0.2, 0.25) is 0 Å². The van der Waals surface area contributed by atoms with Gasteiger partial charge in [-0.1, -0.05) is 13.3 Å². The van der Waals surface area contributed by atoms with E-state index in [1.165, 1.54) is 35.0 Å². The average Bonchev–Trinajstić information content (AvgIpc) is 2.79. The Hall–Kier alpha value is -0.130. The van der Waals surface area contributed by atoms with Crippen molar-refractivity contribution in [1.29, 1.82) is 0 Å². The molecule has 0 aliphatic carbocycles. The fourth-order valence-electron chi connectivity index (χ4n) is 1.81. The number of hydrogen-bond acceptors (Lipinski definition) is 5. The van der Waals surface area contributed by atoms with Gasteiger partial charge in [0.1, 0.15) is 10.0 Å². The van der Waals surface area contributed by atoms with Crippen molar-refractivity contribution in [2.75, 3.05) is 18.8 Å². The third-order valence-corrected chi connectivity index (χ3v) is 5.33. The summed E-state index contributed by atoms with van der Waals surface area (Å²) in [6.45, 7) is 4.18. The molecule has 1 saturated heterocycles. The van der Waals surface area contributed by atoms with E-state index in [9.17, 15) is 0 Å². The number of nitrogens with one attached hydrogen (secondary N) is 1. The van der Waals surface area contributed by atoms with Crippen LogP contribution >= 0.6 is 23.1 Å². The van der Waals surface area contributed by atoms with Crippen LogP contribution in [-0.2, 0) is 6.42 Å². The van der Waals surface area contributed by atoms with E-state index in [1.807, 2.05) is 0 Å². The van der Waals surface area contributed by atoms with Crippen molar-refractivity contribution >= 4 is 23.1 Å². The van der Waals surface area contributed by atoms with Gasteiger partial charge in [-0.15, -0.1) is 21.5 Å². The van der Waals surface area contributed by atoms with Gasteiger partial charge in [-0.05, 0) is 25.1 Å². The molecule has 0 radical (unpaired) electrons. The van der Waals surface area contributed by atoms with Crippen LogP contribution in [0.3, 0.4) is 0 Å². The summed E-state index contributed by atoms with van der Waals surface area (Å²) < 4.78 is 0. The normalized spacial score (nSPS) is 21.2. The summed E-state index contributed by atoms with van der Waals surface area (Å²) in [6.07, 6.45) is 5.02. The molecule has 1 N–H and O–H groups in total. The van der Waals surface area contributed by atoms with Crippen LogP contribution in [0, 0.1) is 0 Å². The van der Waals surface area contributed by atoms with Gasteiger partial charge in [-0.2, -0.15) is 11.8 Å². The molecule has 16 heavy (non-hydrogen) atoms. The summed E-state index contributed by atoms with van der Waals surface area (Å²) in [6, 6.07) is 0. The quantitative estimate of drug-likeness (QED) is 0.823. The lowest BCUT2D eigenvalue weighted by molar-refractivity contribution is 0.677. The molecular weight excluding hydrogens is 238 g/mol. The van der Waals surface area contributed by atoms with E-state index >= 15 is 0 Å². The number of thioether (sulfide) groups is 1. The minimum absolute atomic E-state index is 0.624. The van der Waals surface area contributed by atoms with Crippen molar-refractivity contribution in [3.63, 3.8) is 0 Å². The number of hydrogen-bond donors (Lipinski definition) is 1. The zero-order valence-corrected chi connectivity index (χ0v) is 11.4. The van der Waals surface area contributed by atoms with Crippen molar-refractivity contribution in [2.24, 2.45) is 0 Å². The Kier molecular flexibility index (Phi) is 5.06. The predicted octanol–water partition coefficient (Wildman–Crippen LogP) is 2.65. The molecule has 0 spiro atoms. The molecule has 1 atom stereocenters. The molecule has 90 valence electrons. The molecule has 1 fully saturated rings. The highest BCUT2D eigenvalue weighted by molar-refractivity contribution is 7.99. The molecule has 0 amide bonds. The monoisotopic (exact) mass is 257 g/mol. The summed E-state index contributed by atoms with van der Waals surface area (Å²) in [7, 11) is 0. The molecule has 1 aliphatic rings. The lowest BCUT2D eigenvalue weighted by Gasteiger charge is -2.17. The largest absolute Gasteiger partial charge is 0.317 e. The van der Waals surface area contributed by atoms with E-state index < -0.39 is 0 Å². The lowest BCUT2D eigenvalue weighted by Crippen LogP contribution is -2.15. The molecule has 5 heteroatoms. The first-order valence-electron chi connectivity index (χ1n) is 6.04. The second kappa shape index (κ2) is 6.57. The minimum Gasteiger partial charge on any atom is -0.317 e. The fraction of sp³-hybridized carbons (Fsp3) is 0.818. The fourth-order valence-corrected chi connectivity index (χ4v) is 4.19. The molecule has 1 aromatic heterocycles. The number of rotatable bonds is 5. The molecule has 3 nitrogen and oxygen atoms in total. The van der Waals surface area contributed by atoms with E-state index in [-0.39, 0.29) is 0 Å². The second-order valence-electron chi connectivity index (χ2n) is 3.99. The molecule has 1 unspecified atom stereocenters. The van der Waals surface area contributed by atoms with Gasteiger partial charge in [0.2, 0.25) is 0 Å². The number of aromatic nitrogens is 2. The highest BCUT2D eigenvalue weighted by Gasteiger charge is 2.19. The predicted molar refractivity (Wildman–Crippen MR) is 71.2 cm³/mol. The van der Waals surface area contributed by atoms with Crippen molar-refractivity contribution in [2.45, 2.75) is 37.9 Å². The molecule has 2 rings (SSSR count). The SMILES string of the molecule is CCNCCc1nnc(C2CCCCS2)s1. The van der Waals surface area contributed by atoms with Gasteiger partial charge in [0.05, 0.1) is 5.25 Å². The van der Waals surface area contributed by atoms with Crippen LogP contribution < -0.4 is 5.32 Å². The van der Waals surface area contributed by atoms with E-state index in [4.69, 9.17) is 0 Å². The smallest absolute Gasteiger partial charge is 0.130 e. The minimum atomic E-state index is 0.624. The third-order valence-electron chi connectivity index (χ3n) is 2.70. The van der Waals surface area contributed by atoms with E-state index in [1.54, 1.807) is 11.3 Å². The van der Waals surface area contributed by atoms with Crippen molar-refractivity contribution < 1.29 is 0 Å². The maximum absolute atomic E-state index is 4.34. The molecule has 0 saturated carbocycles. The Morgan fingerprint density at radius 2 is 2.31 bits per heavy atom. The summed E-state index contributed by atoms with van der Waals surface area (Å²) in [5.74, 6) is 1.29. The topological polar surface area (TPSA) is 37.8 Å². The first-order valence-corrected chi connectivity index (χ1v) is 7.91. The van der Waals surface area contributed by atoms with Gasteiger partial charge < -0.3 is 5.32 Å². The van der Waals surface area contributed by atoms with E-state index in [0.29, 0.717) is 5.25 Å². The van der Waals surface area contributed by atoms with Crippen molar-refractivity contribution in [1.82, 2.24) is 15.5 Å². The maximum Gasteiger partial charge on any atom is 0.130 e. The summed E-state index contributed by atoms with van der Waals surface area (Å²) >= 11 is 3.86. The van der Waals surface area contributed by atoms with Gasteiger partial charge in [-0.25, -0.2) is 0 Å². The summed E-state index contributed by atoms with van der Waals surface area (Å²) in [5.41, 5.74) is 0. The molecular formula is C11H19N3S2. The molecule has 0 bridgehead atoms. The standard InChI is InChI=1S/C11H19N3S2/c1-2-12-7-6-10-13-14-11(16-10)9-5-3-4-8-15-9/h9,12H,2-8H2,1H3. The van der Waals surface area contributed by atoms with Crippen LogP contribution in [0.15, 0.2) is 0 Å². The van der Waals surface area contributed by atoms with Gasteiger partial charge in [0, 0.05) is 13.0 Å². The van der Waals surface area contributed by atoms with Crippen LogP contribution in [0.25, 0.3) is 0 Å². The highest BCUT2D eigenvalue weighted by Crippen LogP contribution is 2.39. The molecule has 1 aliphatic heterocycles. The lowest BCUT2D eigenvalue weighted by atomic mass is 10.2. The zero-order chi connectivity index (χ0) is 11.2. The van der Waals surface area contributed by atoms with E-state index in [0.717, 1.165) is 19.5 Å². The maximum atomic E-state index is 4.34. The van der Waals surface area contributed by atoms with Crippen LogP contribution in [-0.4, -0.2) is 29.0 Å². The van der Waals surface area contributed by atoms with Gasteiger partial charge in [0.25, 0.3) is 0 Å². The van der Waals surface area contributed by atoms with Crippen LogP contribution in [0.4, 0.5) is 0 Å². The Morgan fingerprint density at radius 3 is 3.06 bits per heavy atom. The van der Waals surface area contributed by atoms with Gasteiger partial charge in [0.15, 0.2) is 0 Å². The van der Waals surface area contributed by atoms with Crippen LogP contribution in [0.5, 0.6) is 0 Å². The summed E-state index contributed by atoms with van der Waals surface area (Å²) in [5, 5.41) is 15.0. The first kappa shape index (κ1) is 12.3. The zero-order valence-electron chi connectivity index (χ0n) is 9.74. The number of nitrogens with zero attached hydrogens (tertiary/aromatic N) is 2. The van der Waals surface area contributed by atoms with Gasteiger partial charge >= 0.3 is 0 Å². The first-order chi connectivity index (χ1) is 7.90. The molecule has 0 aromatic carbocycles. The third kappa shape index (κ3) is 3.43. The Bertz CT molecular complexity index is 308. The van der Waals surface area contributed by atoms with Crippen molar-refractivity contribution in [3.8, 4) is 0 Å². The Balaban J connectivity index is 1.85. The van der Waals surface area contributed by atoms with Crippen molar-refractivity contribution in [3.05, 3.63) is 10.0 Å².